The van der Waals surface area contributed by atoms with Gasteiger partial charge in [0, 0.05) is 24.8 Å². The molecule has 0 bridgehead atoms. The van der Waals surface area contributed by atoms with E-state index in [1.807, 2.05) is 19.1 Å². The zero-order valence-corrected chi connectivity index (χ0v) is 14.3. The van der Waals surface area contributed by atoms with Gasteiger partial charge in [-0.2, -0.15) is 5.10 Å². The van der Waals surface area contributed by atoms with Crippen molar-refractivity contribution in [1.29, 1.82) is 0 Å². The zero-order chi connectivity index (χ0) is 17.2. The first-order valence-corrected chi connectivity index (χ1v) is 9.05. The standard InChI is InChI=1S/C16H18N4O3S/c1-13-12-14(23-2)4-5-15(13)20-9-7-17-16(20)24(21,22)11-10-19-8-3-6-18-19/h3-9,12H,10-11H2,1-2H3. The van der Waals surface area contributed by atoms with Crippen LogP contribution in [0.5, 0.6) is 5.75 Å². The minimum absolute atomic E-state index is 0.0305. The van der Waals surface area contributed by atoms with Crippen LogP contribution in [0.3, 0.4) is 0 Å². The molecule has 0 amide bonds. The van der Waals surface area contributed by atoms with E-state index in [4.69, 9.17) is 4.74 Å². The number of hydrogen-bond acceptors (Lipinski definition) is 5. The number of ether oxygens (including phenoxy) is 1. The van der Waals surface area contributed by atoms with Gasteiger partial charge in [0.25, 0.3) is 0 Å². The second-order valence-electron chi connectivity index (χ2n) is 5.32. The maximum atomic E-state index is 12.7. The van der Waals surface area contributed by atoms with E-state index in [9.17, 15) is 8.42 Å². The van der Waals surface area contributed by atoms with Crippen molar-refractivity contribution in [3.05, 3.63) is 54.6 Å². The molecule has 2 aromatic heterocycles. The molecule has 0 aliphatic carbocycles. The number of benzene rings is 1. The van der Waals surface area contributed by atoms with Crippen LogP contribution in [-0.4, -0.2) is 40.6 Å². The van der Waals surface area contributed by atoms with E-state index in [1.165, 1.54) is 6.20 Å². The molecule has 24 heavy (non-hydrogen) atoms. The van der Waals surface area contributed by atoms with Crippen molar-refractivity contribution in [3.63, 3.8) is 0 Å². The van der Waals surface area contributed by atoms with Gasteiger partial charge in [0.2, 0.25) is 15.0 Å². The van der Waals surface area contributed by atoms with Crippen LogP contribution >= 0.6 is 0 Å². The number of hydrogen-bond donors (Lipinski definition) is 0. The Bertz CT molecular complexity index is 930. The maximum absolute atomic E-state index is 12.7. The van der Waals surface area contributed by atoms with Gasteiger partial charge in [0.1, 0.15) is 5.75 Å². The Morgan fingerprint density at radius 1 is 1.21 bits per heavy atom. The largest absolute Gasteiger partial charge is 0.497 e. The summed E-state index contributed by atoms with van der Waals surface area (Å²) < 4.78 is 33.7. The van der Waals surface area contributed by atoms with Crippen LogP contribution in [0.1, 0.15) is 5.56 Å². The van der Waals surface area contributed by atoms with Gasteiger partial charge in [0.15, 0.2) is 0 Å². The van der Waals surface area contributed by atoms with Gasteiger partial charge in [-0.05, 0) is 36.8 Å². The topological polar surface area (TPSA) is 79.0 Å². The first-order chi connectivity index (χ1) is 11.5. The molecular weight excluding hydrogens is 328 g/mol. The lowest BCUT2D eigenvalue weighted by Crippen LogP contribution is -2.17. The van der Waals surface area contributed by atoms with Crippen molar-refractivity contribution in [2.75, 3.05) is 12.9 Å². The minimum Gasteiger partial charge on any atom is -0.497 e. The molecule has 8 heteroatoms. The van der Waals surface area contributed by atoms with Crippen LogP contribution in [0.15, 0.2) is 54.2 Å². The zero-order valence-electron chi connectivity index (χ0n) is 13.5. The quantitative estimate of drug-likeness (QED) is 0.681. The molecule has 2 heterocycles. The van der Waals surface area contributed by atoms with Crippen LogP contribution < -0.4 is 4.74 Å². The fourth-order valence-corrected chi connectivity index (χ4v) is 3.76. The summed E-state index contributed by atoms with van der Waals surface area (Å²) in [6.07, 6.45) is 6.49. The SMILES string of the molecule is COc1ccc(-n2ccnc2S(=O)(=O)CCn2cccn2)c(C)c1. The van der Waals surface area contributed by atoms with Crippen LogP contribution in [0, 0.1) is 6.92 Å². The molecule has 3 aromatic rings. The Hall–Kier alpha value is -2.61. The maximum Gasteiger partial charge on any atom is 0.232 e. The number of sulfone groups is 1. The van der Waals surface area contributed by atoms with E-state index in [-0.39, 0.29) is 17.5 Å². The Morgan fingerprint density at radius 3 is 2.71 bits per heavy atom. The highest BCUT2D eigenvalue weighted by atomic mass is 32.2. The van der Waals surface area contributed by atoms with Gasteiger partial charge in [-0.1, -0.05) is 0 Å². The summed E-state index contributed by atoms with van der Waals surface area (Å²) in [6, 6.07) is 7.23. The number of imidazole rings is 1. The van der Waals surface area contributed by atoms with Crippen molar-refractivity contribution in [2.45, 2.75) is 18.6 Å². The van der Waals surface area contributed by atoms with Crippen molar-refractivity contribution in [2.24, 2.45) is 0 Å². The third-order valence-corrected chi connectivity index (χ3v) is 5.28. The molecule has 0 spiro atoms. The number of aromatic nitrogens is 4. The molecule has 0 atom stereocenters. The van der Waals surface area contributed by atoms with E-state index >= 15 is 0 Å². The third-order valence-electron chi connectivity index (χ3n) is 3.70. The second-order valence-corrected chi connectivity index (χ2v) is 7.32. The lowest BCUT2D eigenvalue weighted by molar-refractivity contribution is 0.414. The van der Waals surface area contributed by atoms with Crippen LogP contribution in [0.4, 0.5) is 0 Å². The highest BCUT2D eigenvalue weighted by molar-refractivity contribution is 7.91. The predicted octanol–water partition coefficient (Wildman–Crippen LogP) is 1.86. The first kappa shape index (κ1) is 16.3. The summed E-state index contributed by atoms with van der Waals surface area (Å²) in [6.45, 7) is 2.18. The smallest absolute Gasteiger partial charge is 0.232 e. The number of rotatable bonds is 6. The minimum atomic E-state index is -3.54. The van der Waals surface area contributed by atoms with Gasteiger partial charge < -0.3 is 4.74 Å². The van der Waals surface area contributed by atoms with Gasteiger partial charge in [-0.25, -0.2) is 13.4 Å². The van der Waals surface area contributed by atoms with Gasteiger partial charge in [-0.3, -0.25) is 9.25 Å². The third kappa shape index (κ3) is 3.18. The van der Waals surface area contributed by atoms with E-state index in [0.717, 1.165) is 17.0 Å². The second kappa shape index (κ2) is 6.48. The highest BCUT2D eigenvalue weighted by Crippen LogP contribution is 2.23. The molecular formula is C16H18N4O3S. The molecule has 0 aliphatic rings. The molecule has 7 nitrogen and oxygen atoms in total. The summed E-state index contributed by atoms with van der Waals surface area (Å²) in [7, 11) is -1.95. The average Bonchev–Trinajstić information content (AvgIpc) is 3.24. The monoisotopic (exact) mass is 346 g/mol. The van der Waals surface area contributed by atoms with E-state index in [0.29, 0.717) is 0 Å². The van der Waals surface area contributed by atoms with E-state index in [2.05, 4.69) is 10.1 Å². The van der Waals surface area contributed by atoms with Crippen LogP contribution in [0.25, 0.3) is 5.69 Å². The first-order valence-electron chi connectivity index (χ1n) is 7.40. The normalized spacial score (nSPS) is 11.6. The fraction of sp³-hybridized carbons (Fsp3) is 0.250. The molecule has 0 N–H and O–H groups in total. The Labute approximate surface area is 140 Å². The van der Waals surface area contributed by atoms with Gasteiger partial charge >= 0.3 is 0 Å². The van der Waals surface area contributed by atoms with Crippen LogP contribution in [-0.2, 0) is 16.4 Å². The van der Waals surface area contributed by atoms with Crippen molar-refractivity contribution in [1.82, 2.24) is 19.3 Å². The van der Waals surface area contributed by atoms with Crippen molar-refractivity contribution < 1.29 is 13.2 Å². The molecule has 1 aromatic carbocycles. The lowest BCUT2D eigenvalue weighted by Gasteiger charge is -2.12. The molecule has 0 saturated carbocycles. The number of aryl methyl sites for hydroxylation is 2. The van der Waals surface area contributed by atoms with Crippen molar-refractivity contribution in [3.8, 4) is 11.4 Å². The molecule has 126 valence electrons. The molecule has 0 unspecified atom stereocenters. The number of nitrogens with zero attached hydrogens (tertiary/aromatic N) is 4. The molecule has 0 radical (unpaired) electrons. The summed E-state index contributed by atoms with van der Waals surface area (Å²) in [4.78, 5) is 4.06. The Balaban J connectivity index is 1.92. The highest BCUT2D eigenvalue weighted by Gasteiger charge is 2.22. The average molecular weight is 346 g/mol. The van der Waals surface area contributed by atoms with E-state index in [1.54, 1.807) is 47.1 Å². The summed E-state index contributed by atoms with van der Waals surface area (Å²) >= 11 is 0. The lowest BCUT2D eigenvalue weighted by atomic mass is 10.2. The van der Waals surface area contributed by atoms with Gasteiger partial charge in [-0.15, -0.1) is 0 Å². The summed E-state index contributed by atoms with van der Waals surface area (Å²) in [5.74, 6) is 0.653. The van der Waals surface area contributed by atoms with Crippen LogP contribution in [0.2, 0.25) is 0 Å². The van der Waals surface area contributed by atoms with Crippen molar-refractivity contribution >= 4 is 9.84 Å². The predicted molar refractivity (Wildman–Crippen MR) is 89.1 cm³/mol. The molecule has 3 rings (SSSR count). The summed E-state index contributed by atoms with van der Waals surface area (Å²) in [5, 5.41) is 4.06. The Morgan fingerprint density at radius 2 is 2.04 bits per heavy atom. The number of methoxy groups -OCH3 is 1. The molecule has 0 fully saturated rings. The summed E-state index contributed by atoms with van der Waals surface area (Å²) in [5.41, 5.74) is 1.65. The van der Waals surface area contributed by atoms with E-state index < -0.39 is 9.84 Å². The fourth-order valence-electron chi connectivity index (χ4n) is 2.47. The molecule has 0 aliphatic heterocycles. The van der Waals surface area contributed by atoms with Gasteiger partial charge in [0.05, 0.1) is 25.1 Å². The Kier molecular flexibility index (Phi) is 4.39. The molecule has 0 saturated heterocycles.